The molecule has 2 saturated heterocycles. The molecule has 0 spiro atoms. The van der Waals surface area contributed by atoms with Crippen LogP contribution in [-0.2, 0) is 6.42 Å². The number of fused-ring (bicyclic) bond motifs is 3. The van der Waals surface area contributed by atoms with Crippen LogP contribution in [0.25, 0.3) is 0 Å². The van der Waals surface area contributed by atoms with Gasteiger partial charge in [0.05, 0.1) is 0 Å². The number of hydrogen-bond acceptors (Lipinski definition) is 2. The average Bonchev–Trinajstić information content (AvgIpc) is 2.84. The van der Waals surface area contributed by atoms with Gasteiger partial charge in [0.2, 0.25) is 0 Å². The fourth-order valence-electron chi connectivity index (χ4n) is 4.71. The first kappa shape index (κ1) is 12.6. The van der Waals surface area contributed by atoms with Crippen LogP contribution < -0.4 is 0 Å². The van der Waals surface area contributed by atoms with Crippen molar-refractivity contribution in [2.75, 3.05) is 7.05 Å². The molecule has 0 saturated carbocycles. The molecule has 108 valence electrons. The number of carbonyl (C=O) groups is 1. The molecule has 20 heavy (non-hydrogen) atoms. The summed E-state index contributed by atoms with van der Waals surface area (Å²) in [6.45, 7) is 0. The number of piperidine rings is 2. The van der Waals surface area contributed by atoms with Crippen molar-refractivity contribution in [3.05, 3.63) is 23.5 Å². The van der Waals surface area contributed by atoms with Crippen LogP contribution >= 0.6 is 0 Å². The predicted molar refractivity (Wildman–Crippen MR) is 79.2 cm³/mol. The van der Waals surface area contributed by atoms with E-state index in [2.05, 4.69) is 28.8 Å². The minimum absolute atomic E-state index is 0.359. The van der Waals surface area contributed by atoms with Gasteiger partial charge in [-0.05, 0) is 51.6 Å². The number of aromatic nitrogens is 1. The molecular weight excluding hydrogens is 248 g/mol. The van der Waals surface area contributed by atoms with Gasteiger partial charge in [-0.15, -0.1) is 0 Å². The van der Waals surface area contributed by atoms with E-state index in [0.29, 0.717) is 11.8 Å². The number of Topliss-reactive ketones (excluding diaryl/α,β-unsaturated/α-hetero) is 1. The molecule has 2 bridgehead atoms. The van der Waals surface area contributed by atoms with Gasteiger partial charge in [-0.2, -0.15) is 0 Å². The second-order valence-corrected chi connectivity index (χ2v) is 6.89. The number of ketones is 1. The van der Waals surface area contributed by atoms with Gasteiger partial charge in [0, 0.05) is 42.0 Å². The van der Waals surface area contributed by atoms with Crippen LogP contribution in [0.2, 0.25) is 0 Å². The maximum Gasteiger partial charge on any atom is 0.164 e. The molecule has 1 aliphatic carbocycles. The quantitative estimate of drug-likeness (QED) is 0.784. The smallest absolute Gasteiger partial charge is 0.164 e. The fourth-order valence-corrected chi connectivity index (χ4v) is 4.71. The first-order chi connectivity index (χ1) is 9.74. The zero-order valence-electron chi connectivity index (χ0n) is 12.3. The van der Waals surface area contributed by atoms with E-state index in [1.807, 2.05) is 0 Å². The third-order valence-corrected chi connectivity index (χ3v) is 5.85. The highest BCUT2D eigenvalue weighted by molar-refractivity contribution is 5.98. The molecule has 1 aromatic heterocycles. The molecule has 2 unspecified atom stereocenters. The number of rotatable bonds is 1. The molecule has 1 aromatic rings. The summed E-state index contributed by atoms with van der Waals surface area (Å²) < 4.78 is 2.46. The van der Waals surface area contributed by atoms with Crippen molar-refractivity contribution in [1.82, 2.24) is 9.47 Å². The lowest BCUT2D eigenvalue weighted by atomic mass is 9.82. The Kier molecular flexibility index (Phi) is 2.99. The van der Waals surface area contributed by atoms with Crippen LogP contribution in [0.5, 0.6) is 0 Å². The molecule has 3 heterocycles. The third kappa shape index (κ3) is 1.86. The molecular formula is C17H24N2O. The summed E-state index contributed by atoms with van der Waals surface area (Å²) in [5.74, 6) is 0.359. The van der Waals surface area contributed by atoms with E-state index in [-0.39, 0.29) is 0 Å². The average molecular weight is 272 g/mol. The van der Waals surface area contributed by atoms with Gasteiger partial charge in [0.25, 0.3) is 0 Å². The molecule has 3 aliphatic rings. The Morgan fingerprint density at radius 1 is 1.05 bits per heavy atom. The van der Waals surface area contributed by atoms with E-state index in [1.54, 1.807) is 0 Å². The number of carbonyl (C=O) groups excluding carboxylic acids is 1. The first-order valence-electron chi connectivity index (χ1n) is 8.19. The second-order valence-electron chi connectivity index (χ2n) is 6.89. The number of nitrogens with zero attached hydrogens (tertiary/aromatic N) is 2. The van der Waals surface area contributed by atoms with E-state index in [1.165, 1.54) is 37.8 Å². The van der Waals surface area contributed by atoms with Gasteiger partial charge in [0.15, 0.2) is 5.78 Å². The molecule has 2 atom stereocenters. The van der Waals surface area contributed by atoms with Crippen molar-refractivity contribution in [2.24, 2.45) is 0 Å². The summed E-state index contributed by atoms with van der Waals surface area (Å²) in [7, 11) is 2.30. The Hall–Kier alpha value is -1.09. The van der Waals surface area contributed by atoms with Crippen molar-refractivity contribution in [3.63, 3.8) is 0 Å². The maximum atomic E-state index is 12.0. The standard InChI is InChI=1S/C17H24N2O/c1-18-12-4-2-5-13(18)11-14(10-12)19-9-8-15-16(19)6-3-7-17(15)20/h8-9,12-14H,2-7,10-11H2,1H3. The summed E-state index contributed by atoms with van der Waals surface area (Å²) >= 11 is 0. The van der Waals surface area contributed by atoms with Gasteiger partial charge >= 0.3 is 0 Å². The molecule has 0 amide bonds. The normalized spacial score (nSPS) is 34.0. The van der Waals surface area contributed by atoms with Crippen LogP contribution in [-0.4, -0.2) is 34.4 Å². The lowest BCUT2D eigenvalue weighted by Gasteiger charge is -2.47. The Bertz CT molecular complexity index is 519. The van der Waals surface area contributed by atoms with E-state index in [9.17, 15) is 4.79 Å². The first-order valence-corrected chi connectivity index (χ1v) is 8.19. The van der Waals surface area contributed by atoms with E-state index in [0.717, 1.165) is 36.9 Å². The maximum absolute atomic E-state index is 12.0. The van der Waals surface area contributed by atoms with E-state index < -0.39 is 0 Å². The van der Waals surface area contributed by atoms with Gasteiger partial charge in [-0.1, -0.05) is 6.42 Å². The second kappa shape index (κ2) is 4.73. The lowest BCUT2D eigenvalue weighted by molar-refractivity contribution is 0.0394. The highest BCUT2D eigenvalue weighted by atomic mass is 16.1. The van der Waals surface area contributed by atoms with Gasteiger partial charge in [0.1, 0.15) is 0 Å². The molecule has 0 aromatic carbocycles. The van der Waals surface area contributed by atoms with Crippen LogP contribution in [0.3, 0.4) is 0 Å². The van der Waals surface area contributed by atoms with E-state index in [4.69, 9.17) is 0 Å². The van der Waals surface area contributed by atoms with Crippen molar-refractivity contribution < 1.29 is 4.79 Å². The summed E-state index contributed by atoms with van der Waals surface area (Å²) in [6.07, 6.45) is 11.7. The van der Waals surface area contributed by atoms with Crippen molar-refractivity contribution in [1.29, 1.82) is 0 Å². The Morgan fingerprint density at radius 2 is 1.80 bits per heavy atom. The SMILES string of the molecule is CN1C2CCCC1CC(n1ccc3c1CCCC3=O)C2. The molecule has 0 N–H and O–H groups in total. The van der Waals surface area contributed by atoms with Crippen molar-refractivity contribution >= 4 is 5.78 Å². The van der Waals surface area contributed by atoms with Gasteiger partial charge < -0.3 is 9.47 Å². The minimum Gasteiger partial charge on any atom is -0.348 e. The summed E-state index contributed by atoms with van der Waals surface area (Å²) in [4.78, 5) is 14.6. The van der Waals surface area contributed by atoms with Crippen LogP contribution in [0.4, 0.5) is 0 Å². The topological polar surface area (TPSA) is 25.2 Å². The third-order valence-electron chi connectivity index (χ3n) is 5.85. The summed E-state index contributed by atoms with van der Waals surface area (Å²) in [6, 6.07) is 4.20. The lowest BCUT2D eigenvalue weighted by Crippen LogP contribution is -2.50. The Morgan fingerprint density at radius 3 is 2.55 bits per heavy atom. The van der Waals surface area contributed by atoms with Crippen LogP contribution in [0.15, 0.2) is 12.3 Å². The fraction of sp³-hybridized carbons (Fsp3) is 0.706. The Balaban J connectivity index is 1.64. The van der Waals surface area contributed by atoms with Gasteiger partial charge in [-0.3, -0.25) is 4.79 Å². The highest BCUT2D eigenvalue weighted by Gasteiger charge is 2.37. The summed E-state index contributed by atoms with van der Waals surface area (Å²) in [5.41, 5.74) is 2.34. The van der Waals surface area contributed by atoms with Crippen LogP contribution in [0, 0.1) is 0 Å². The molecule has 0 radical (unpaired) electrons. The van der Waals surface area contributed by atoms with Crippen molar-refractivity contribution in [2.45, 2.75) is 69.5 Å². The predicted octanol–water partition coefficient (Wildman–Crippen LogP) is 3.19. The van der Waals surface area contributed by atoms with Crippen LogP contribution in [0.1, 0.15) is 67.0 Å². The highest BCUT2D eigenvalue weighted by Crippen LogP contribution is 2.39. The number of hydrogen-bond donors (Lipinski definition) is 0. The zero-order valence-corrected chi connectivity index (χ0v) is 12.3. The Labute approximate surface area is 120 Å². The zero-order chi connectivity index (χ0) is 13.7. The molecule has 3 heteroatoms. The van der Waals surface area contributed by atoms with Crippen molar-refractivity contribution in [3.8, 4) is 0 Å². The largest absolute Gasteiger partial charge is 0.348 e. The molecule has 2 fully saturated rings. The molecule has 4 rings (SSSR count). The van der Waals surface area contributed by atoms with Gasteiger partial charge in [-0.25, -0.2) is 0 Å². The monoisotopic (exact) mass is 272 g/mol. The molecule has 3 nitrogen and oxygen atoms in total. The summed E-state index contributed by atoms with van der Waals surface area (Å²) in [5, 5.41) is 0. The minimum atomic E-state index is 0.359. The molecule has 2 aliphatic heterocycles. The van der Waals surface area contributed by atoms with E-state index >= 15 is 0 Å².